The molecule has 0 bridgehead atoms. The lowest BCUT2D eigenvalue weighted by atomic mass is 9.51. The summed E-state index contributed by atoms with van der Waals surface area (Å²) in [5.74, 6) is 2.90. The number of hydrogen-bond acceptors (Lipinski definition) is 0. The summed E-state index contributed by atoms with van der Waals surface area (Å²) in [6, 6.07) is 11.4. The number of rotatable bonds is 3. The predicted octanol–water partition coefficient (Wildman–Crippen LogP) is 8.16. The molecule has 4 aliphatic carbocycles. The second kappa shape index (κ2) is 7.15. The van der Waals surface area contributed by atoms with E-state index in [4.69, 9.17) is 0 Å². The SMILES string of the molecule is C=C1C=C2CCC3C(=C2CC1)C(c1ccccc1)CC1(C)C(C(=C)CC)CCC31. The number of allylic oxidation sites excluding steroid dienone is 6. The molecule has 4 aliphatic rings. The van der Waals surface area contributed by atoms with Crippen molar-refractivity contribution in [3.63, 3.8) is 0 Å². The Hall–Kier alpha value is -1.82. The van der Waals surface area contributed by atoms with Crippen LogP contribution in [0.2, 0.25) is 0 Å². The highest BCUT2D eigenvalue weighted by molar-refractivity contribution is 5.51. The van der Waals surface area contributed by atoms with Gasteiger partial charge >= 0.3 is 0 Å². The summed E-state index contributed by atoms with van der Waals surface area (Å²) in [6.45, 7) is 13.7. The molecule has 1 aromatic rings. The van der Waals surface area contributed by atoms with E-state index < -0.39 is 0 Å². The van der Waals surface area contributed by atoms with Gasteiger partial charge in [-0.2, -0.15) is 0 Å². The summed E-state index contributed by atoms with van der Waals surface area (Å²) in [4.78, 5) is 0. The van der Waals surface area contributed by atoms with E-state index in [1.165, 1.54) is 55.2 Å². The molecule has 0 heterocycles. The maximum Gasteiger partial charge on any atom is 0.00624 e. The van der Waals surface area contributed by atoms with Gasteiger partial charge in [-0.05, 0) is 91.2 Å². The molecule has 0 nitrogen and oxygen atoms in total. The van der Waals surface area contributed by atoms with Gasteiger partial charge in [0, 0.05) is 5.92 Å². The van der Waals surface area contributed by atoms with Gasteiger partial charge < -0.3 is 0 Å². The van der Waals surface area contributed by atoms with E-state index >= 15 is 0 Å². The minimum atomic E-state index is 0.405. The van der Waals surface area contributed by atoms with E-state index in [2.05, 4.69) is 63.4 Å². The zero-order valence-electron chi connectivity index (χ0n) is 18.3. The van der Waals surface area contributed by atoms with Crippen LogP contribution in [0.4, 0.5) is 0 Å². The van der Waals surface area contributed by atoms with Crippen LogP contribution in [0.3, 0.4) is 0 Å². The highest BCUT2D eigenvalue weighted by Gasteiger charge is 2.56. The molecule has 0 radical (unpaired) electrons. The van der Waals surface area contributed by atoms with E-state index in [0.717, 1.165) is 24.7 Å². The van der Waals surface area contributed by atoms with Crippen LogP contribution >= 0.6 is 0 Å². The minimum Gasteiger partial charge on any atom is -0.0996 e. The standard InChI is InChI=1S/C29H36/c1-5-20(3)26-15-16-27-24-14-12-22-17-19(2)11-13-23(22)28(24)25(18-29(26,27)4)21-9-7-6-8-10-21/h6-10,17,24-27H,2-3,5,11-16,18H2,1,4H3. The molecular formula is C29H36. The molecule has 2 saturated carbocycles. The second-order valence-electron chi connectivity index (χ2n) is 10.3. The van der Waals surface area contributed by atoms with Gasteiger partial charge in [0.25, 0.3) is 0 Å². The van der Waals surface area contributed by atoms with Crippen LogP contribution in [0.1, 0.15) is 76.7 Å². The van der Waals surface area contributed by atoms with Gasteiger partial charge in [0.2, 0.25) is 0 Å². The Kier molecular flexibility index (Phi) is 4.72. The number of hydrogen-bond donors (Lipinski definition) is 0. The number of benzene rings is 1. The van der Waals surface area contributed by atoms with Crippen LogP contribution in [0.25, 0.3) is 0 Å². The molecule has 0 aromatic heterocycles. The predicted molar refractivity (Wildman–Crippen MR) is 124 cm³/mol. The van der Waals surface area contributed by atoms with Crippen LogP contribution < -0.4 is 0 Å². The average Bonchev–Trinajstić information content (AvgIpc) is 3.09. The summed E-state index contributed by atoms with van der Waals surface area (Å²) >= 11 is 0. The van der Waals surface area contributed by atoms with Crippen molar-refractivity contribution in [1.29, 1.82) is 0 Å². The fourth-order valence-corrected chi connectivity index (χ4v) is 7.65. The molecule has 2 fully saturated rings. The quantitative estimate of drug-likeness (QED) is 0.461. The van der Waals surface area contributed by atoms with Crippen LogP contribution in [-0.2, 0) is 0 Å². The van der Waals surface area contributed by atoms with Gasteiger partial charge in [-0.15, -0.1) is 0 Å². The lowest BCUT2D eigenvalue weighted by molar-refractivity contribution is 0.0767. The van der Waals surface area contributed by atoms with Crippen molar-refractivity contribution in [1.82, 2.24) is 0 Å². The van der Waals surface area contributed by atoms with Crippen molar-refractivity contribution in [2.75, 3.05) is 0 Å². The third-order valence-electron chi connectivity index (χ3n) is 9.00. The molecule has 0 heteroatoms. The summed E-state index contributed by atoms with van der Waals surface area (Å²) < 4.78 is 0. The van der Waals surface area contributed by atoms with Gasteiger partial charge in [-0.1, -0.05) is 80.1 Å². The molecule has 0 aliphatic heterocycles. The van der Waals surface area contributed by atoms with E-state index in [-0.39, 0.29) is 0 Å². The molecule has 0 saturated heterocycles. The Morgan fingerprint density at radius 3 is 2.62 bits per heavy atom. The molecule has 1 aromatic carbocycles. The van der Waals surface area contributed by atoms with Gasteiger partial charge in [0.1, 0.15) is 0 Å². The van der Waals surface area contributed by atoms with E-state index in [1.54, 1.807) is 11.1 Å². The molecular weight excluding hydrogens is 348 g/mol. The van der Waals surface area contributed by atoms with Crippen molar-refractivity contribution in [2.24, 2.45) is 23.2 Å². The topological polar surface area (TPSA) is 0 Å². The minimum absolute atomic E-state index is 0.405. The lowest BCUT2D eigenvalue weighted by Gasteiger charge is -2.53. The zero-order chi connectivity index (χ0) is 20.2. The van der Waals surface area contributed by atoms with Crippen molar-refractivity contribution in [3.05, 3.63) is 83.0 Å². The largest absolute Gasteiger partial charge is 0.0996 e. The van der Waals surface area contributed by atoms with E-state index in [1.807, 2.05) is 5.57 Å². The summed E-state index contributed by atoms with van der Waals surface area (Å²) in [6.07, 6.45) is 12.6. The molecule has 0 N–H and O–H groups in total. The molecule has 5 atom stereocenters. The van der Waals surface area contributed by atoms with Gasteiger partial charge in [0.05, 0.1) is 0 Å². The third-order valence-corrected chi connectivity index (χ3v) is 9.00. The molecule has 0 amide bonds. The van der Waals surface area contributed by atoms with Gasteiger partial charge in [0.15, 0.2) is 0 Å². The summed E-state index contributed by atoms with van der Waals surface area (Å²) in [7, 11) is 0. The lowest BCUT2D eigenvalue weighted by Crippen LogP contribution is -2.43. The smallest absolute Gasteiger partial charge is 0.00624 e. The fourth-order valence-electron chi connectivity index (χ4n) is 7.65. The summed E-state index contributed by atoms with van der Waals surface area (Å²) in [5, 5.41) is 0. The van der Waals surface area contributed by atoms with Crippen molar-refractivity contribution in [2.45, 2.75) is 71.1 Å². The van der Waals surface area contributed by atoms with Crippen molar-refractivity contribution >= 4 is 0 Å². The van der Waals surface area contributed by atoms with Crippen molar-refractivity contribution in [3.8, 4) is 0 Å². The van der Waals surface area contributed by atoms with Crippen LogP contribution in [0.15, 0.2) is 77.4 Å². The second-order valence-corrected chi connectivity index (χ2v) is 10.3. The third kappa shape index (κ3) is 2.94. The molecule has 152 valence electrons. The van der Waals surface area contributed by atoms with E-state index in [9.17, 15) is 0 Å². The average molecular weight is 385 g/mol. The Balaban J connectivity index is 1.66. The zero-order valence-corrected chi connectivity index (χ0v) is 18.3. The molecule has 5 rings (SSSR count). The van der Waals surface area contributed by atoms with Crippen LogP contribution in [0, 0.1) is 23.2 Å². The van der Waals surface area contributed by atoms with E-state index in [0.29, 0.717) is 17.3 Å². The number of fused-ring (bicyclic) bond motifs is 4. The van der Waals surface area contributed by atoms with Crippen LogP contribution in [-0.4, -0.2) is 0 Å². The van der Waals surface area contributed by atoms with Crippen molar-refractivity contribution < 1.29 is 0 Å². The Morgan fingerprint density at radius 1 is 1.07 bits per heavy atom. The van der Waals surface area contributed by atoms with Crippen LogP contribution in [0.5, 0.6) is 0 Å². The molecule has 5 unspecified atom stereocenters. The first-order valence-corrected chi connectivity index (χ1v) is 11.9. The Morgan fingerprint density at radius 2 is 1.86 bits per heavy atom. The highest BCUT2D eigenvalue weighted by atomic mass is 14.6. The Bertz CT molecular complexity index is 895. The monoisotopic (exact) mass is 384 g/mol. The first-order chi connectivity index (χ1) is 14.0. The maximum absolute atomic E-state index is 4.54. The molecule has 0 spiro atoms. The molecule has 29 heavy (non-hydrogen) atoms. The fraction of sp³-hybridized carbons (Fsp3) is 0.517. The maximum atomic E-state index is 4.54. The highest BCUT2D eigenvalue weighted by Crippen LogP contribution is 2.66. The first kappa shape index (κ1) is 19.2. The normalized spacial score (nSPS) is 36.2. The van der Waals surface area contributed by atoms with Gasteiger partial charge in [-0.25, -0.2) is 0 Å². The first-order valence-electron chi connectivity index (χ1n) is 11.9. The Labute approximate surface area is 177 Å². The van der Waals surface area contributed by atoms with Gasteiger partial charge in [-0.3, -0.25) is 0 Å². The summed E-state index contributed by atoms with van der Waals surface area (Å²) in [5.41, 5.74) is 9.95.